The number of nitrogens with one attached hydrogen (secondary N) is 1. The number of ether oxygens (including phenoxy) is 1. The normalized spacial score (nSPS) is 16.8. The van der Waals surface area contributed by atoms with Crippen LogP contribution in [0.2, 0.25) is 0 Å². The van der Waals surface area contributed by atoms with Crippen LogP contribution in [0, 0.1) is 27.7 Å². The van der Waals surface area contributed by atoms with E-state index >= 15 is 0 Å². The van der Waals surface area contributed by atoms with E-state index in [1.807, 2.05) is 32.9 Å². The summed E-state index contributed by atoms with van der Waals surface area (Å²) < 4.78 is 7.96. The van der Waals surface area contributed by atoms with Crippen LogP contribution < -0.4 is 5.32 Å². The number of hydrogen-bond acceptors (Lipinski definition) is 4. The molecule has 1 aliphatic rings. The molecule has 1 unspecified atom stereocenters. The Kier molecular flexibility index (Phi) is 6.04. The molecule has 1 aromatic carbocycles. The maximum atomic E-state index is 12.4. The number of carbonyl (C=O) groups excluding carboxylic acids is 1. The first kappa shape index (κ1) is 19.0. The summed E-state index contributed by atoms with van der Waals surface area (Å²) in [5, 5.41) is 3.89. The van der Waals surface area contributed by atoms with Crippen molar-refractivity contribution in [3.8, 4) is 0 Å². The summed E-state index contributed by atoms with van der Waals surface area (Å²) in [6.45, 7) is 9.81. The van der Waals surface area contributed by atoms with Crippen LogP contribution in [0.25, 0.3) is 0 Å². The highest BCUT2D eigenvalue weighted by atomic mass is 32.2. The molecule has 1 N–H and O–H groups in total. The Morgan fingerprint density at radius 1 is 1.35 bits per heavy atom. The second-order valence-electron chi connectivity index (χ2n) is 6.97. The number of carbonyl (C=O) groups is 1. The third-order valence-electron chi connectivity index (χ3n) is 4.82. The van der Waals surface area contributed by atoms with Crippen LogP contribution in [-0.2, 0) is 16.1 Å². The molecule has 1 atom stereocenters. The average molecular weight is 374 g/mol. The first-order chi connectivity index (χ1) is 12.4. The van der Waals surface area contributed by atoms with Gasteiger partial charge in [0.25, 0.3) is 0 Å². The van der Waals surface area contributed by atoms with E-state index in [0.29, 0.717) is 5.75 Å². The van der Waals surface area contributed by atoms with Gasteiger partial charge in [-0.25, -0.2) is 4.98 Å². The molecule has 0 bridgehead atoms. The maximum absolute atomic E-state index is 12.4. The van der Waals surface area contributed by atoms with Gasteiger partial charge in [-0.3, -0.25) is 4.79 Å². The fourth-order valence-electron chi connectivity index (χ4n) is 3.21. The number of benzene rings is 1. The quantitative estimate of drug-likeness (QED) is 0.777. The minimum atomic E-state index is -0.0103. The predicted octanol–water partition coefficient (Wildman–Crippen LogP) is 4.03. The Morgan fingerprint density at radius 2 is 2.15 bits per heavy atom. The van der Waals surface area contributed by atoms with E-state index in [1.165, 1.54) is 17.3 Å². The topological polar surface area (TPSA) is 56.2 Å². The first-order valence-electron chi connectivity index (χ1n) is 9.09. The van der Waals surface area contributed by atoms with Crippen LogP contribution in [0.1, 0.15) is 35.4 Å². The zero-order chi connectivity index (χ0) is 18.7. The Balaban J connectivity index is 1.63. The number of imidazole rings is 1. The Labute approximate surface area is 159 Å². The molecule has 3 rings (SSSR count). The van der Waals surface area contributed by atoms with Gasteiger partial charge in [-0.1, -0.05) is 29.5 Å². The minimum Gasteiger partial charge on any atom is -0.376 e. The van der Waals surface area contributed by atoms with Crippen molar-refractivity contribution >= 4 is 23.4 Å². The van der Waals surface area contributed by atoms with Gasteiger partial charge in [0.2, 0.25) is 5.91 Å². The fraction of sp³-hybridized carbons (Fsp3) is 0.500. The minimum absolute atomic E-state index is 0.0103. The summed E-state index contributed by atoms with van der Waals surface area (Å²) in [6, 6.07) is 6.04. The van der Waals surface area contributed by atoms with Crippen LogP contribution in [0.15, 0.2) is 23.4 Å². The maximum Gasteiger partial charge on any atom is 0.234 e. The molecule has 1 aromatic heterocycles. The SMILES string of the molecule is Cc1ccc(NC(=O)CSc2nc(C)c(C)n2CC2CCCO2)c(C)c1. The van der Waals surface area contributed by atoms with Gasteiger partial charge < -0.3 is 14.6 Å². The van der Waals surface area contributed by atoms with Crippen LogP contribution in [0.5, 0.6) is 0 Å². The van der Waals surface area contributed by atoms with Crippen LogP contribution in [0.4, 0.5) is 5.69 Å². The molecule has 1 aliphatic heterocycles. The van der Waals surface area contributed by atoms with Crippen molar-refractivity contribution in [1.29, 1.82) is 0 Å². The second-order valence-corrected chi connectivity index (χ2v) is 7.91. The summed E-state index contributed by atoms with van der Waals surface area (Å²) >= 11 is 1.49. The number of thioether (sulfide) groups is 1. The van der Waals surface area contributed by atoms with E-state index in [0.717, 1.165) is 53.8 Å². The molecule has 2 aromatic rings. The molecule has 0 aliphatic carbocycles. The zero-order valence-corrected chi connectivity index (χ0v) is 16.8. The van der Waals surface area contributed by atoms with E-state index in [-0.39, 0.29) is 12.0 Å². The van der Waals surface area contributed by atoms with E-state index in [1.54, 1.807) is 0 Å². The third kappa shape index (κ3) is 4.48. The molecular weight excluding hydrogens is 346 g/mol. The van der Waals surface area contributed by atoms with Gasteiger partial charge in [0.1, 0.15) is 0 Å². The molecule has 26 heavy (non-hydrogen) atoms. The molecule has 2 heterocycles. The lowest BCUT2D eigenvalue weighted by molar-refractivity contribution is -0.113. The average Bonchev–Trinajstić information content (AvgIpc) is 3.20. The van der Waals surface area contributed by atoms with E-state index in [2.05, 4.69) is 27.9 Å². The Hall–Kier alpha value is -1.79. The van der Waals surface area contributed by atoms with Gasteiger partial charge in [0.05, 0.1) is 24.1 Å². The highest BCUT2D eigenvalue weighted by Crippen LogP contribution is 2.25. The van der Waals surface area contributed by atoms with E-state index < -0.39 is 0 Å². The number of aromatic nitrogens is 2. The van der Waals surface area contributed by atoms with Gasteiger partial charge in [-0.2, -0.15) is 0 Å². The van der Waals surface area contributed by atoms with Gasteiger partial charge in [0.15, 0.2) is 5.16 Å². The molecular formula is C20H27N3O2S. The fourth-order valence-corrected chi connectivity index (χ4v) is 4.11. The predicted molar refractivity (Wildman–Crippen MR) is 106 cm³/mol. The molecule has 1 saturated heterocycles. The van der Waals surface area contributed by atoms with Crippen molar-refractivity contribution in [3.05, 3.63) is 40.7 Å². The molecule has 1 fully saturated rings. The van der Waals surface area contributed by atoms with Gasteiger partial charge in [-0.05, 0) is 52.2 Å². The van der Waals surface area contributed by atoms with Crippen molar-refractivity contribution < 1.29 is 9.53 Å². The lowest BCUT2D eigenvalue weighted by Gasteiger charge is -2.14. The van der Waals surface area contributed by atoms with Crippen molar-refractivity contribution in [2.45, 2.75) is 58.3 Å². The van der Waals surface area contributed by atoms with Crippen LogP contribution in [-0.4, -0.2) is 33.9 Å². The summed E-state index contributed by atoms with van der Waals surface area (Å²) in [5.74, 6) is 0.332. The van der Waals surface area contributed by atoms with Crippen LogP contribution in [0.3, 0.4) is 0 Å². The zero-order valence-electron chi connectivity index (χ0n) is 16.0. The monoisotopic (exact) mass is 373 g/mol. The number of rotatable bonds is 6. The largest absolute Gasteiger partial charge is 0.376 e. The Bertz CT molecular complexity index is 795. The lowest BCUT2D eigenvalue weighted by atomic mass is 10.1. The van der Waals surface area contributed by atoms with Crippen molar-refractivity contribution in [2.24, 2.45) is 0 Å². The number of anilines is 1. The molecule has 0 spiro atoms. The molecule has 6 heteroatoms. The van der Waals surface area contributed by atoms with Crippen LogP contribution >= 0.6 is 11.8 Å². The van der Waals surface area contributed by atoms with E-state index in [4.69, 9.17) is 4.74 Å². The number of aryl methyl sites for hydroxylation is 3. The summed E-state index contributed by atoms with van der Waals surface area (Å²) in [6.07, 6.45) is 2.47. The van der Waals surface area contributed by atoms with E-state index in [9.17, 15) is 4.79 Å². The number of nitrogens with zero attached hydrogens (tertiary/aromatic N) is 2. The Morgan fingerprint density at radius 3 is 2.85 bits per heavy atom. The highest BCUT2D eigenvalue weighted by Gasteiger charge is 2.20. The third-order valence-corrected chi connectivity index (χ3v) is 5.80. The number of hydrogen-bond donors (Lipinski definition) is 1. The van der Waals surface area contributed by atoms with Gasteiger partial charge in [0, 0.05) is 18.0 Å². The summed E-state index contributed by atoms with van der Waals surface area (Å²) in [7, 11) is 0. The van der Waals surface area contributed by atoms with Crippen molar-refractivity contribution in [1.82, 2.24) is 9.55 Å². The molecule has 0 saturated carbocycles. The molecule has 140 valence electrons. The summed E-state index contributed by atoms with van der Waals surface area (Å²) in [5.41, 5.74) is 5.31. The summed E-state index contributed by atoms with van der Waals surface area (Å²) in [4.78, 5) is 17.0. The standard InChI is InChI=1S/C20H27N3O2S/c1-13-7-8-18(14(2)10-13)22-19(24)12-26-20-21-15(3)16(4)23(20)11-17-6-5-9-25-17/h7-8,10,17H,5-6,9,11-12H2,1-4H3,(H,22,24). The molecule has 1 amide bonds. The van der Waals surface area contributed by atoms with Crippen molar-refractivity contribution in [3.63, 3.8) is 0 Å². The lowest BCUT2D eigenvalue weighted by Crippen LogP contribution is -2.18. The second kappa shape index (κ2) is 8.27. The first-order valence-corrected chi connectivity index (χ1v) is 10.1. The van der Waals surface area contributed by atoms with Crippen molar-refractivity contribution in [2.75, 3.05) is 17.7 Å². The van der Waals surface area contributed by atoms with Gasteiger partial charge >= 0.3 is 0 Å². The number of amides is 1. The molecule has 0 radical (unpaired) electrons. The smallest absolute Gasteiger partial charge is 0.234 e. The van der Waals surface area contributed by atoms with Gasteiger partial charge in [-0.15, -0.1) is 0 Å². The molecule has 5 nitrogen and oxygen atoms in total. The highest BCUT2D eigenvalue weighted by molar-refractivity contribution is 7.99.